The molecule has 0 amide bonds. The van der Waals surface area contributed by atoms with Crippen LogP contribution >= 0.6 is 11.6 Å². The van der Waals surface area contributed by atoms with Gasteiger partial charge in [-0.25, -0.2) is 8.42 Å². The van der Waals surface area contributed by atoms with Crippen LogP contribution in [-0.2, 0) is 21.4 Å². The van der Waals surface area contributed by atoms with E-state index in [1.165, 1.54) is 4.31 Å². The zero-order valence-corrected chi connectivity index (χ0v) is 14.6. The molecule has 1 heterocycles. The Morgan fingerprint density at radius 1 is 1.08 bits per heavy atom. The van der Waals surface area contributed by atoms with E-state index in [4.69, 9.17) is 21.1 Å². The first kappa shape index (κ1) is 17.2. The van der Waals surface area contributed by atoms with Crippen LogP contribution in [0.15, 0.2) is 53.4 Å². The van der Waals surface area contributed by atoms with Crippen molar-refractivity contribution in [1.82, 2.24) is 4.31 Å². The number of benzene rings is 2. The Morgan fingerprint density at radius 2 is 1.83 bits per heavy atom. The van der Waals surface area contributed by atoms with Crippen LogP contribution in [0.5, 0.6) is 5.75 Å². The minimum Gasteiger partial charge on any atom is -0.489 e. The van der Waals surface area contributed by atoms with E-state index in [2.05, 4.69) is 0 Å². The number of sulfonamides is 1. The molecule has 1 fully saturated rings. The molecule has 0 saturated carbocycles. The number of ether oxygens (including phenoxy) is 2. The van der Waals surface area contributed by atoms with Crippen molar-refractivity contribution >= 4 is 21.6 Å². The molecular formula is C17H18ClNO4S. The predicted octanol–water partition coefficient (Wildman–Crippen LogP) is 2.94. The summed E-state index contributed by atoms with van der Waals surface area (Å²) in [4.78, 5) is 0.275. The fourth-order valence-electron chi connectivity index (χ4n) is 2.46. The molecule has 5 nitrogen and oxygen atoms in total. The third kappa shape index (κ3) is 4.08. The summed E-state index contributed by atoms with van der Waals surface area (Å²) in [6, 6.07) is 13.9. The molecule has 3 rings (SSSR count). The Bertz CT molecular complexity index is 804. The minimum absolute atomic E-state index is 0.271. The van der Waals surface area contributed by atoms with E-state index in [-0.39, 0.29) is 11.5 Å². The highest BCUT2D eigenvalue weighted by molar-refractivity contribution is 7.89. The van der Waals surface area contributed by atoms with E-state index in [0.717, 1.165) is 5.56 Å². The second-order valence-corrected chi connectivity index (χ2v) is 7.78. The molecule has 0 N–H and O–H groups in total. The maximum Gasteiger partial charge on any atom is 0.243 e. The van der Waals surface area contributed by atoms with E-state index in [9.17, 15) is 8.42 Å². The molecule has 128 valence electrons. The van der Waals surface area contributed by atoms with E-state index < -0.39 is 10.0 Å². The molecule has 1 aliphatic heterocycles. The largest absolute Gasteiger partial charge is 0.489 e. The monoisotopic (exact) mass is 367 g/mol. The second-order valence-electron chi connectivity index (χ2n) is 5.41. The second kappa shape index (κ2) is 7.53. The molecule has 1 aliphatic rings. The van der Waals surface area contributed by atoms with Gasteiger partial charge in [-0.05, 0) is 35.9 Å². The summed E-state index contributed by atoms with van der Waals surface area (Å²) >= 11 is 5.92. The van der Waals surface area contributed by atoms with Crippen LogP contribution in [-0.4, -0.2) is 39.0 Å². The molecule has 2 aromatic rings. The predicted molar refractivity (Wildman–Crippen MR) is 91.8 cm³/mol. The van der Waals surface area contributed by atoms with Crippen LogP contribution in [0.25, 0.3) is 0 Å². The molecule has 0 bridgehead atoms. The highest BCUT2D eigenvalue weighted by atomic mass is 35.5. The SMILES string of the molecule is O=S(=O)(c1cccc(COc2cccc(Cl)c2)c1)N1CCOCC1. The third-order valence-corrected chi connectivity index (χ3v) is 5.84. The minimum atomic E-state index is -3.50. The summed E-state index contributed by atoms with van der Waals surface area (Å²) in [6.45, 7) is 1.89. The van der Waals surface area contributed by atoms with Crippen LogP contribution < -0.4 is 4.74 Å². The molecular weight excluding hydrogens is 350 g/mol. The number of nitrogens with zero attached hydrogens (tertiary/aromatic N) is 1. The van der Waals surface area contributed by atoms with Gasteiger partial charge in [0.05, 0.1) is 18.1 Å². The van der Waals surface area contributed by atoms with Gasteiger partial charge >= 0.3 is 0 Å². The number of morpholine rings is 1. The summed E-state index contributed by atoms with van der Waals surface area (Å²) in [5, 5.41) is 0.594. The highest BCUT2D eigenvalue weighted by Gasteiger charge is 2.26. The van der Waals surface area contributed by atoms with Crippen molar-refractivity contribution in [2.75, 3.05) is 26.3 Å². The van der Waals surface area contributed by atoms with E-state index in [1.54, 1.807) is 42.5 Å². The first-order chi connectivity index (χ1) is 11.6. The van der Waals surface area contributed by atoms with Gasteiger partial charge < -0.3 is 9.47 Å². The molecule has 2 aromatic carbocycles. The van der Waals surface area contributed by atoms with E-state index in [1.807, 2.05) is 6.07 Å². The van der Waals surface area contributed by atoms with Gasteiger partial charge in [-0.2, -0.15) is 4.31 Å². The standard InChI is InChI=1S/C17H18ClNO4S/c18-15-4-2-5-16(12-15)23-13-14-3-1-6-17(11-14)24(20,21)19-7-9-22-10-8-19/h1-6,11-12H,7-10,13H2. The van der Waals surface area contributed by atoms with Crippen LogP contribution in [0.4, 0.5) is 0 Å². The fourth-order valence-corrected chi connectivity index (χ4v) is 4.11. The molecule has 0 atom stereocenters. The van der Waals surface area contributed by atoms with Gasteiger partial charge in [0.25, 0.3) is 0 Å². The van der Waals surface area contributed by atoms with Crippen molar-refractivity contribution in [3.8, 4) is 5.75 Å². The smallest absolute Gasteiger partial charge is 0.243 e. The Labute approximate surface area is 146 Å². The molecule has 1 saturated heterocycles. The van der Waals surface area contributed by atoms with Crippen molar-refractivity contribution < 1.29 is 17.9 Å². The normalized spacial score (nSPS) is 16.0. The van der Waals surface area contributed by atoms with Gasteiger partial charge in [0.2, 0.25) is 10.0 Å². The van der Waals surface area contributed by atoms with Gasteiger partial charge in [-0.3, -0.25) is 0 Å². The zero-order valence-electron chi connectivity index (χ0n) is 13.0. The van der Waals surface area contributed by atoms with Crippen molar-refractivity contribution in [2.45, 2.75) is 11.5 Å². The van der Waals surface area contributed by atoms with Crippen LogP contribution in [0.3, 0.4) is 0 Å². The van der Waals surface area contributed by atoms with Gasteiger partial charge in [0.1, 0.15) is 12.4 Å². The first-order valence-electron chi connectivity index (χ1n) is 7.61. The lowest BCUT2D eigenvalue weighted by Crippen LogP contribution is -2.40. The molecule has 0 aliphatic carbocycles. The molecule has 0 unspecified atom stereocenters. The summed E-state index contributed by atoms with van der Waals surface area (Å²) in [5.41, 5.74) is 0.782. The Balaban J connectivity index is 1.74. The van der Waals surface area contributed by atoms with Crippen molar-refractivity contribution in [2.24, 2.45) is 0 Å². The number of hydrogen-bond donors (Lipinski definition) is 0. The highest BCUT2D eigenvalue weighted by Crippen LogP contribution is 2.21. The maximum atomic E-state index is 12.7. The Hall–Kier alpha value is -1.60. The number of halogens is 1. The lowest BCUT2D eigenvalue weighted by Gasteiger charge is -2.26. The number of rotatable bonds is 5. The third-order valence-electron chi connectivity index (χ3n) is 3.71. The Morgan fingerprint density at radius 3 is 2.58 bits per heavy atom. The van der Waals surface area contributed by atoms with Crippen LogP contribution in [0.2, 0.25) is 5.02 Å². The van der Waals surface area contributed by atoms with Gasteiger partial charge in [0.15, 0.2) is 0 Å². The lowest BCUT2D eigenvalue weighted by molar-refractivity contribution is 0.0730. The fraction of sp³-hybridized carbons (Fsp3) is 0.294. The average Bonchev–Trinajstić information content (AvgIpc) is 2.61. The van der Waals surface area contributed by atoms with Crippen molar-refractivity contribution in [3.63, 3.8) is 0 Å². The molecule has 24 heavy (non-hydrogen) atoms. The summed E-state index contributed by atoms with van der Waals surface area (Å²) in [7, 11) is -3.50. The summed E-state index contributed by atoms with van der Waals surface area (Å²) < 4.78 is 37.7. The van der Waals surface area contributed by atoms with Crippen molar-refractivity contribution in [3.05, 3.63) is 59.1 Å². The molecule has 0 radical (unpaired) electrons. The summed E-state index contributed by atoms with van der Waals surface area (Å²) in [6.07, 6.45) is 0. The topological polar surface area (TPSA) is 55.8 Å². The Kier molecular flexibility index (Phi) is 5.40. The molecule has 0 spiro atoms. The maximum absolute atomic E-state index is 12.7. The average molecular weight is 368 g/mol. The van der Waals surface area contributed by atoms with E-state index >= 15 is 0 Å². The van der Waals surface area contributed by atoms with Crippen LogP contribution in [0.1, 0.15) is 5.56 Å². The zero-order chi connectivity index (χ0) is 17.0. The van der Waals surface area contributed by atoms with E-state index in [0.29, 0.717) is 37.1 Å². The molecule has 0 aromatic heterocycles. The van der Waals surface area contributed by atoms with Crippen LogP contribution in [0, 0.1) is 0 Å². The van der Waals surface area contributed by atoms with Gasteiger partial charge in [-0.15, -0.1) is 0 Å². The molecule has 7 heteroatoms. The van der Waals surface area contributed by atoms with Crippen molar-refractivity contribution in [1.29, 1.82) is 0 Å². The first-order valence-corrected chi connectivity index (χ1v) is 9.43. The lowest BCUT2D eigenvalue weighted by atomic mass is 10.2. The summed E-state index contributed by atoms with van der Waals surface area (Å²) in [5.74, 6) is 0.643. The van der Waals surface area contributed by atoms with Gasteiger partial charge in [-0.1, -0.05) is 29.8 Å². The van der Waals surface area contributed by atoms with Gasteiger partial charge in [0, 0.05) is 18.1 Å². The number of hydrogen-bond acceptors (Lipinski definition) is 4. The quantitative estimate of drug-likeness (QED) is 0.815.